The quantitative estimate of drug-likeness (QED) is 0.182. The van der Waals surface area contributed by atoms with Crippen molar-refractivity contribution in [3.8, 4) is 0 Å². The number of hydrogen-bond acceptors (Lipinski definition) is 3. The fraction of sp³-hybridized carbons (Fsp3) is 0.321. The second-order valence-corrected chi connectivity index (χ2v) is 20.6. The maximum atomic E-state index is 14.3. The lowest BCUT2D eigenvalue weighted by atomic mass is 9.71. The van der Waals surface area contributed by atoms with Gasteiger partial charge in [-0.3, -0.25) is 9.59 Å². The van der Waals surface area contributed by atoms with Gasteiger partial charge in [-0.15, -0.1) is 0 Å². The summed E-state index contributed by atoms with van der Waals surface area (Å²) in [5.74, 6) is 1.71. The number of furan rings is 1. The van der Waals surface area contributed by atoms with Gasteiger partial charge in [0, 0.05) is 33.4 Å². The Labute approximate surface area is 352 Å². The number of fused-ring (bicyclic) bond motifs is 2. The molecule has 0 N–H and O–H groups in total. The zero-order valence-electron chi connectivity index (χ0n) is 37.6. The summed E-state index contributed by atoms with van der Waals surface area (Å²) in [4.78, 5) is 28.6. The molecule has 1 aromatic heterocycles. The molecule has 0 aliphatic heterocycles. The van der Waals surface area contributed by atoms with E-state index in [-0.39, 0.29) is 11.6 Å². The predicted octanol–water partition coefficient (Wildman–Crippen LogP) is 14.9. The number of hydrogen-bond donors (Lipinski definition) is 0. The molecule has 0 atom stereocenters. The van der Waals surface area contributed by atoms with E-state index in [0.29, 0.717) is 0 Å². The summed E-state index contributed by atoms with van der Waals surface area (Å²) in [7, 11) is 0. The first-order chi connectivity index (χ1) is 27.5. The van der Waals surface area contributed by atoms with E-state index in [9.17, 15) is 9.59 Å². The molecule has 5 aromatic rings. The van der Waals surface area contributed by atoms with Crippen LogP contribution in [0, 0.1) is 35.5 Å². The highest BCUT2D eigenvalue weighted by Gasteiger charge is 2.38. The van der Waals surface area contributed by atoms with Gasteiger partial charge in [0.2, 0.25) is 0 Å². The first kappa shape index (κ1) is 41.6. The van der Waals surface area contributed by atoms with Crippen LogP contribution in [0.3, 0.4) is 0 Å². The Morgan fingerprint density at radius 1 is 0.407 bits per heavy atom. The molecule has 3 nitrogen and oxygen atoms in total. The van der Waals surface area contributed by atoms with Gasteiger partial charge in [-0.25, -0.2) is 0 Å². The van der Waals surface area contributed by atoms with Crippen molar-refractivity contribution in [3.63, 3.8) is 0 Å². The van der Waals surface area contributed by atoms with Gasteiger partial charge in [0.1, 0.15) is 11.5 Å². The molecule has 0 amide bonds. The van der Waals surface area contributed by atoms with Crippen molar-refractivity contribution in [2.75, 3.05) is 0 Å². The first-order valence-corrected chi connectivity index (χ1v) is 21.0. The topological polar surface area (TPSA) is 47.3 Å². The van der Waals surface area contributed by atoms with Crippen LogP contribution < -0.4 is 0 Å². The lowest BCUT2D eigenvalue weighted by Gasteiger charge is -2.32. The molecule has 4 aromatic carbocycles. The standard InChI is InChI=1S/C56H60O3/c1-33-34(2)52(48(42-28-20-24-36-22-16-18-26-40(36)42)38-31-45(55(9,10)11)50(58)46(32-38)56(12,13)14)59-51(33)47(41-27-19-23-35-21-15-17-25-39(35)41)37-29-43(53(3,4)5)49(57)44(30-37)54(6,7)8/h15-32H,1-14H3. The molecular formula is C56H60O3. The van der Waals surface area contributed by atoms with Crippen molar-refractivity contribution >= 4 is 44.3 Å². The van der Waals surface area contributed by atoms with E-state index in [4.69, 9.17) is 4.42 Å². The van der Waals surface area contributed by atoms with Crippen LogP contribution >= 0.6 is 0 Å². The monoisotopic (exact) mass is 780 g/mol. The fourth-order valence-corrected chi connectivity index (χ4v) is 8.55. The summed E-state index contributed by atoms with van der Waals surface area (Å²) in [6.07, 6.45) is 8.44. The minimum Gasteiger partial charge on any atom is -0.455 e. The van der Waals surface area contributed by atoms with Crippen molar-refractivity contribution in [1.29, 1.82) is 0 Å². The summed E-state index contributed by atoms with van der Waals surface area (Å²) in [6, 6.07) is 29.9. The Morgan fingerprint density at radius 2 is 0.695 bits per heavy atom. The van der Waals surface area contributed by atoms with E-state index >= 15 is 0 Å². The third kappa shape index (κ3) is 7.61. The number of allylic oxidation sites excluding steroid dienone is 10. The van der Waals surface area contributed by atoms with E-state index in [1.165, 1.54) is 0 Å². The Morgan fingerprint density at radius 3 is 1.00 bits per heavy atom. The average Bonchev–Trinajstić information content (AvgIpc) is 3.43. The highest BCUT2D eigenvalue weighted by molar-refractivity contribution is 6.14. The molecule has 0 unspecified atom stereocenters. The molecular weight excluding hydrogens is 721 g/mol. The van der Waals surface area contributed by atoms with Crippen molar-refractivity contribution in [3.05, 3.63) is 176 Å². The molecule has 0 radical (unpaired) electrons. The average molecular weight is 781 g/mol. The molecule has 0 saturated heterocycles. The molecule has 2 aliphatic rings. The Bertz CT molecular complexity index is 2500. The number of carbonyl (C=O) groups excluding carboxylic acids is 2. The van der Waals surface area contributed by atoms with Gasteiger partial charge in [0.25, 0.3) is 0 Å². The lowest BCUT2D eigenvalue weighted by Crippen LogP contribution is -2.28. The third-order valence-electron chi connectivity index (χ3n) is 12.0. The number of rotatable bonds is 4. The van der Waals surface area contributed by atoms with Crippen LogP contribution in [0.1, 0.15) is 117 Å². The highest BCUT2D eigenvalue weighted by atomic mass is 16.3. The molecule has 0 spiro atoms. The van der Waals surface area contributed by atoms with Gasteiger partial charge < -0.3 is 4.42 Å². The van der Waals surface area contributed by atoms with E-state index in [1.54, 1.807) is 0 Å². The molecule has 3 heteroatoms. The van der Waals surface area contributed by atoms with Crippen molar-refractivity contribution in [1.82, 2.24) is 0 Å². The van der Waals surface area contributed by atoms with Gasteiger partial charge in [-0.2, -0.15) is 0 Å². The van der Waals surface area contributed by atoms with Crippen molar-refractivity contribution in [2.24, 2.45) is 21.7 Å². The molecule has 1 heterocycles. The van der Waals surface area contributed by atoms with Crippen LogP contribution in [-0.2, 0) is 9.59 Å². The van der Waals surface area contributed by atoms with Crippen LogP contribution in [0.4, 0.5) is 0 Å². The Balaban J connectivity index is 1.67. The summed E-state index contributed by atoms with van der Waals surface area (Å²) in [5, 5.41) is 4.46. The lowest BCUT2D eigenvalue weighted by molar-refractivity contribution is -0.114. The van der Waals surface area contributed by atoms with Crippen LogP contribution in [0.15, 0.2) is 147 Å². The van der Waals surface area contributed by atoms with Gasteiger partial charge >= 0.3 is 0 Å². The zero-order chi connectivity index (χ0) is 43.0. The number of benzene rings is 4. The normalized spacial score (nSPS) is 15.7. The van der Waals surface area contributed by atoms with Gasteiger partial charge in [-0.1, -0.05) is 168 Å². The number of ketones is 2. The van der Waals surface area contributed by atoms with Crippen LogP contribution in [-0.4, -0.2) is 11.6 Å². The maximum absolute atomic E-state index is 14.3. The van der Waals surface area contributed by atoms with E-state index in [0.717, 1.165) is 99.9 Å². The molecule has 0 bridgehead atoms. The molecule has 0 saturated carbocycles. The highest BCUT2D eigenvalue weighted by Crippen LogP contribution is 2.48. The van der Waals surface area contributed by atoms with Gasteiger partial charge in [0.05, 0.1) is 0 Å². The maximum Gasteiger partial charge on any atom is 0.186 e. The van der Waals surface area contributed by atoms with Gasteiger partial charge in [-0.05, 0) is 115 Å². The zero-order valence-corrected chi connectivity index (χ0v) is 37.6. The minimum atomic E-state index is -0.394. The first-order valence-electron chi connectivity index (χ1n) is 21.0. The van der Waals surface area contributed by atoms with E-state index in [2.05, 4.69) is 206 Å². The van der Waals surface area contributed by atoms with Crippen LogP contribution in [0.5, 0.6) is 0 Å². The largest absolute Gasteiger partial charge is 0.455 e. The molecule has 302 valence electrons. The number of carbonyl (C=O) groups is 2. The molecule has 7 rings (SSSR count). The summed E-state index contributed by atoms with van der Waals surface area (Å²) >= 11 is 0. The Kier molecular flexibility index (Phi) is 10.3. The third-order valence-corrected chi connectivity index (χ3v) is 12.0. The second-order valence-electron chi connectivity index (χ2n) is 20.6. The van der Waals surface area contributed by atoms with Crippen molar-refractivity contribution < 1.29 is 14.0 Å². The van der Waals surface area contributed by atoms with Gasteiger partial charge in [0.15, 0.2) is 11.6 Å². The second kappa shape index (κ2) is 14.6. The fourth-order valence-electron chi connectivity index (χ4n) is 8.55. The predicted molar refractivity (Wildman–Crippen MR) is 248 cm³/mol. The summed E-state index contributed by atoms with van der Waals surface area (Å²) in [6.45, 7) is 29.7. The van der Waals surface area contributed by atoms with Crippen molar-refractivity contribution in [2.45, 2.75) is 96.9 Å². The number of Topliss-reactive ketones (excluding diaryl/α,β-unsaturated/α-hetero) is 2. The smallest absolute Gasteiger partial charge is 0.186 e. The molecule has 2 aliphatic carbocycles. The van der Waals surface area contributed by atoms with E-state index < -0.39 is 21.7 Å². The summed E-state index contributed by atoms with van der Waals surface area (Å²) in [5.41, 5.74) is 9.47. The van der Waals surface area contributed by atoms with Crippen LogP contribution in [0.25, 0.3) is 32.7 Å². The summed E-state index contributed by atoms with van der Waals surface area (Å²) < 4.78 is 7.52. The molecule has 59 heavy (non-hydrogen) atoms. The van der Waals surface area contributed by atoms with Crippen LogP contribution in [0.2, 0.25) is 0 Å². The minimum absolute atomic E-state index is 0.0942. The van der Waals surface area contributed by atoms with E-state index in [1.807, 2.05) is 0 Å². The SMILES string of the molecule is Cc1c(C(=C2C=C(C(C)(C)C)C(=O)C(C(C)(C)C)=C2)c2cccc3ccccc23)oc(C(=C2C=C(C(C)(C)C)C(=O)C(C(C)(C)C)=C2)c2cccc3ccccc23)c1C. The Hall–Kier alpha value is -5.54. The molecule has 0 fully saturated rings.